The van der Waals surface area contributed by atoms with E-state index in [0.717, 1.165) is 66.9 Å². The van der Waals surface area contributed by atoms with E-state index in [4.69, 9.17) is 15.5 Å². The predicted molar refractivity (Wildman–Crippen MR) is 162 cm³/mol. The van der Waals surface area contributed by atoms with Crippen molar-refractivity contribution in [3.8, 4) is 17.3 Å². The summed E-state index contributed by atoms with van der Waals surface area (Å²) in [6, 6.07) is 13.1. The van der Waals surface area contributed by atoms with Crippen LogP contribution in [-0.4, -0.2) is 57.7 Å². The largest absolute Gasteiger partial charge is 0.494 e. The monoisotopic (exact) mass is 552 g/mol. The van der Waals surface area contributed by atoms with Crippen LogP contribution in [0.1, 0.15) is 55.3 Å². The zero-order chi connectivity index (χ0) is 27.9. The van der Waals surface area contributed by atoms with Gasteiger partial charge in [0, 0.05) is 66.8 Å². The van der Waals surface area contributed by atoms with Gasteiger partial charge in [-0.05, 0) is 80.3 Å². The standard InChI is InChI=1S/C33H40N6O2/c1-37-30-25(14-23(16-28(30)41-2)32(40)39-19-33(18-34)11-9-29(33)39)36-31(37)27-15-22-13-24(35-12-10-20-3-4-20)7-8-26(22)38(27)17-21-5-6-21/h7-8,13-16,20-21,29,35H,3-6,9-12,17-19,34H2,1-2H3/t29?,33-/m0/s1. The van der Waals surface area contributed by atoms with Crippen LogP contribution in [0, 0.1) is 17.3 Å². The summed E-state index contributed by atoms with van der Waals surface area (Å²) < 4.78 is 10.4. The maximum absolute atomic E-state index is 13.6. The van der Waals surface area contributed by atoms with Gasteiger partial charge in [-0.1, -0.05) is 12.8 Å². The van der Waals surface area contributed by atoms with Crippen molar-refractivity contribution in [1.82, 2.24) is 19.0 Å². The number of rotatable bonds is 10. The molecule has 4 aliphatic rings. The zero-order valence-electron chi connectivity index (χ0n) is 24.2. The number of methoxy groups -OCH3 is 1. The molecule has 3 N–H and O–H groups in total. The van der Waals surface area contributed by atoms with E-state index in [2.05, 4.69) is 45.8 Å². The first kappa shape index (κ1) is 25.2. The van der Waals surface area contributed by atoms with Crippen LogP contribution in [0.5, 0.6) is 5.75 Å². The molecule has 8 heteroatoms. The van der Waals surface area contributed by atoms with Crippen molar-refractivity contribution in [2.24, 2.45) is 30.0 Å². The third kappa shape index (κ3) is 4.05. The SMILES string of the molecule is COc1cc(C(=O)N2C[C@@]3(CN)CCC23)cc2nc(-c3cc4cc(NCCC5CC5)ccc4n3CC3CC3)n(C)c12. The molecule has 0 radical (unpaired) electrons. The number of aryl methyl sites for hydroxylation is 1. The van der Waals surface area contributed by atoms with E-state index in [1.54, 1.807) is 7.11 Å². The molecule has 1 aliphatic heterocycles. The molecule has 0 bridgehead atoms. The highest BCUT2D eigenvalue weighted by atomic mass is 16.5. The molecule has 8 rings (SSSR count). The lowest BCUT2D eigenvalue weighted by molar-refractivity contribution is -0.117. The second-order valence-corrected chi connectivity index (χ2v) is 13.1. The first-order chi connectivity index (χ1) is 20.0. The molecule has 8 nitrogen and oxygen atoms in total. The molecule has 2 aromatic carbocycles. The highest BCUT2D eigenvalue weighted by molar-refractivity contribution is 6.01. The number of nitrogens with one attached hydrogen (secondary N) is 1. The maximum atomic E-state index is 13.6. The number of likely N-dealkylation sites (tertiary alicyclic amines) is 1. The molecule has 2 atom stereocenters. The summed E-state index contributed by atoms with van der Waals surface area (Å²) in [7, 11) is 3.73. The number of carbonyl (C=O) groups is 1. The molecule has 3 saturated carbocycles. The molecule has 214 valence electrons. The van der Waals surface area contributed by atoms with Crippen LogP contribution in [0.15, 0.2) is 36.4 Å². The normalized spacial score (nSPS) is 23.4. The Hall–Kier alpha value is -3.52. The van der Waals surface area contributed by atoms with Gasteiger partial charge >= 0.3 is 0 Å². The number of nitrogens with two attached hydrogens (primary N) is 1. The van der Waals surface area contributed by atoms with Gasteiger partial charge in [0.1, 0.15) is 11.3 Å². The van der Waals surface area contributed by atoms with Crippen LogP contribution < -0.4 is 15.8 Å². The minimum atomic E-state index is 0.0516. The predicted octanol–water partition coefficient (Wildman–Crippen LogP) is 5.39. The van der Waals surface area contributed by atoms with E-state index in [1.807, 2.05) is 17.0 Å². The highest BCUT2D eigenvalue weighted by Crippen LogP contribution is 2.53. The Morgan fingerprint density at radius 1 is 1.12 bits per heavy atom. The molecular formula is C33H40N6O2. The zero-order valence-corrected chi connectivity index (χ0v) is 24.2. The number of carbonyl (C=O) groups excluding carboxylic acids is 1. The van der Waals surface area contributed by atoms with Crippen LogP contribution in [-0.2, 0) is 13.6 Å². The number of hydrogen-bond acceptors (Lipinski definition) is 5. The van der Waals surface area contributed by atoms with Crippen molar-refractivity contribution in [3.05, 3.63) is 42.0 Å². The number of aromatic nitrogens is 3. The number of piperidine rings is 1. The fourth-order valence-electron chi connectivity index (χ4n) is 7.34. The Bertz CT molecular complexity index is 1670. The van der Waals surface area contributed by atoms with Crippen molar-refractivity contribution >= 4 is 33.5 Å². The third-order valence-corrected chi connectivity index (χ3v) is 10.4. The van der Waals surface area contributed by atoms with Crippen LogP contribution in [0.2, 0.25) is 0 Å². The Balaban J connectivity index is 1.17. The minimum absolute atomic E-state index is 0.0516. The number of amides is 1. The molecule has 4 aromatic rings. The molecule has 1 saturated heterocycles. The van der Waals surface area contributed by atoms with Gasteiger partial charge in [-0.15, -0.1) is 0 Å². The summed E-state index contributed by atoms with van der Waals surface area (Å²) in [5, 5.41) is 4.87. The van der Waals surface area contributed by atoms with Gasteiger partial charge in [0.25, 0.3) is 5.91 Å². The lowest BCUT2D eigenvalue weighted by Gasteiger charge is -2.64. The van der Waals surface area contributed by atoms with Crippen LogP contribution >= 0.6 is 0 Å². The van der Waals surface area contributed by atoms with Crippen LogP contribution in [0.25, 0.3) is 33.5 Å². The topological polar surface area (TPSA) is 90.3 Å². The van der Waals surface area contributed by atoms with Gasteiger partial charge in [0.05, 0.1) is 18.3 Å². The van der Waals surface area contributed by atoms with Gasteiger partial charge in [0.15, 0.2) is 5.82 Å². The second kappa shape index (κ2) is 9.24. The Morgan fingerprint density at radius 3 is 2.63 bits per heavy atom. The van der Waals surface area contributed by atoms with Gasteiger partial charge < -0.3 is 29.8 Å². The summed E-state index contributed by atoms with van der Waals surface area (Å²) in [4.78, 5) is 20.7. The second-order valence-electron chi connectivity index (χ2n) is 13.1. The van der Waals surface area contributed by atoms with Gasteiger partial charge in [0.2, 0.25) is 0 Å². The van der Waals surface area contributed by atoms with Gasteiger partial charge in [-0.2, -0.15) is 0 Å². The number of benzene rings is 2. The molecular weight excluding hydrogens is 512 g/mol. The number of nitrogens with zero attached hydrogens (tertiary/aromatic N) is 4. The Morgan fingerprint density at radius 2 is 1.95 bits per heavy atom. The first-order valence-corrected chi connectivity index (χ1v) is 15.4. The average Bonchev–Trinajstić information content (AvgIpc) is 3.90. The van der Waals surface area contributed by atoms with Crippen molar-refractivity contribution < 1.29 is 9.53 Å². The summed E-state index contributed by atoms with van der Waals surface area (Å²) in [5.41, 5.74) is 12.1. The maximum Gasteiger partial charge on any atom is 0.254 e. The van der Waals surface area contributed by atoms with E-state index < -0.39 is 0 Å². The molecule has 1 amide bonds. The van der Waals surface area contributed by atoms with Crippen molar-refractivity contribution in [2.45, 2.75) is 57.5 Å². The third-order valence-electron chi connectivity index (χ3n) is 10.4. The Kier molecular flexibility index (Phi) is 5.68. The van der Waals surface area contributed by atoms with E-state index in [1.165, 1.54) is 48.7 Å². The van der Waals surface area contributed by atoms with E-state index in [-0.39, 0.29) is 17.4 Å². The molecule has 4 fully saturated rings. The highest BCUT2D eigenvalue weighted by Gasteiger charge is 2.59. The lowest BCUT2D eigenvalue weighted by atomic mass is 9.57. The molecule has 3 heterocycles. The smallest absolute Gasteiger partial charge is 0.254 e. The minimum Gasteiger partial charge on any atom is -0.494 e. The number of fused-ring (bicyclic) bond motifs is 3. The van der Waals surface area contributed by atoms with Gasteiger partial charge in [-0.3, -0.25) is 4.79 Å². The summed E-state index contributed by atoms with van der Waals surface area (Å²) in [5.74, 6) is 3.27. The molecule has 2 aromatic heterocycles. The van der Waals surface area contributed by atoms with E-state index >= 15 is 0 Å². The number of anilines is 1. The quantitative estimate of drug-likeness (QED) is 0.275. The molecule has 1 unspecified atom stereocenters. The Labute approximate surface area is 240 Å². The first-order valence-electron chi connectivity index (χ1n) is 15.4. The number of ether oxygens (including phenoxy) is 1. The van der Waals surface area contributed by atoms with Crippen LogP contribution in [0.4, 0.5) is 5.69 Å². The molecule has 41 heavy (non-hydrogen) atoms. The van der Waals surface area contributed by atoms with Crippen LogP contribution in [0.3, 0.4) is 0 Å². The molecule has 3 aliphatic carbocycles. The summed E-state index contributed by atoms with van der Waals surface area (Å²) in [6.45, 7) is 3.43. The van der Waals surface area contributed by atoms with Crippen molar-refractivity contribution in [1.29, 1.82) is 0 Å². The van der Waals surface area contributed by atoms with Crippen molar-refractivity contribution in [3.63, 3.8) is 0 Å². The average molecular weight is 553 g/mol. The number of imidazole rings is 1. The van der Waals surface area contributed by atoms with E-state index in [0.29, 0.717) is 17.9 Å². The summed E-state index contributed by atoms with van der Waals surface area (Å²) >= 11 is 0. The fourth-order valence-corrected chi connectivity index (χ4v) is 7.34. The van der Waals surface area contributed by atoms with Crippen molar-refractivity contribution in [2.75, 3.05) is 32.1 Å². The fraction of sp³-hybridized carbons (Fsp3) is 0.515. The van der Waals surface area contributed by atoms with Gasteiger partial charge in [-0.25, -0.2) is 4.98 Å². The van der Waals surface area contributed by atoms with E-state index in [9.17, 15) is 4.79 Å². The number of hydrogen-bond donors (Lipinski definition) is 2. The lowest BCUT2D eigenvalue weighted by Crippen LogP contribution is -2.74. The molecule has 0 spiro atoms. The summed E-state index contributed by atoms with van der Waals surface area (Å²) in [6.07, 6.45) is 8.76.